The minimum Gasteiger partial charge on any atom is -0.493 e. The number of benzene rings is 3. The number of ether oxygens (including phenoxy) is 1. The van der Waals surface area contributed by atoms with Crippen molar-refractivity contribution >= 4 is 28.2 Å². The van der Waals surface area contributed by atoms with Crippen molar-refractivity contribution in [3.8, 4) is 16.9 Å². The van der Waals surface area contributed by atoms with Gasteiger partial charge in [0, 0.05) is 55.1 Å². The molecule has 3 aromatic carbocycles. The molecule has 7 heteroatoms. The summed E-state index contributed by atoms with van der Waals surface area (Å²) in [6, 6.07) is 22.7. The number of fused-ring (bicyclic) bond motifs is 2. The van der Waals surface area contributed by atoms with Gasteiger partial charge in [0.2, 0.25) is 0 Å². The number of likely N-dealkylation sites (N-methyl/N-ethyl adjacent to an activating group) is 2. The lowest BCUT2D eigenvalue weighted by atomic mass is 10.0. The van der Waals surface area contributed by atoms with Crippen LogP contribution >= 0.6 is 0 Å². The predicted octanol–water partition coefficient (Wildman–Crippen LogP) is 5.95. The highest BCUT2D eigenvalue weighted by atomic mass is 16.5. The zero-order valence-electron chi connectivity index (χ0n) is 24.1. The van der Waals surface area contributed by atoms with E-state index < -0.39 is 0 Å². The van der Waals surface area contributed by atoms with Gasteiger partial charge in [-0.15, -0.1) is 0 Å². The van der Waals surface area contributed by atoms with Gasteiger partial charge in [0.05, 0.1) is 18.0 Å². The van der Waals surface area contributed by atoms with E-state index >= 15 is 0 Å². The van der Waals surface area contributed by atoms with Crippen molar-refractivity contribution in [1.82, 2.24) is 14.8 Å². The van der Waals surface area contributed by atoms with Crippen molar-refractivity contribution in [2.45, 2.75) is 25.8 Å². The van der Waals surface area contributed by atoms with Crippen molar-refractivity contribution in [3.63, 3.8) is 0 Å². The molecular formula is C33H41N5O2. The van der Waals surface area contributed by atoms with Gasteiger partial charge in [0.15, 0.2) is 0 Å². The lowest BCUT2D eigenvalue weighted by Crippen LogP contribution is -2.32. The summed E-state index contributed by atoms with van der Waals surface area (Å²) in [7, 11) is 6.34. The molecule has 1 amide bonds. The molecule has 0 fully saturated rings. The van der Waals surface area contributed by atoms with E-state index in [2.05, 4.69) is 72.4 Å². The van der Waals surface area contributed by atoms with E-state index in [1.54, 1.807) is 0 Å². The van der Waals surface area contributed by atoms with Crippen LogP contribution in [0.3, 0.4) is 0 Å². The molecule has 0 aliphatic carbocycles. The fourth-order valence-corrected chi connectivity index (χ4v) is 5.21. The Labute approximate surface area is 237 Å². The number of hydrogen-bond acceptors (Lipinski definition) is 5. The molecule has 1 aliphatic rings. The quantitative estimate of drug-likeness (QED) is 0.244. The van der Waals surface area contributed by atoms with Crippen LogP contribution in [0.5, 0.6) is 5.75 Å². The molecule has 1 aliphatic heterocycles. The van der Waals surface area contributed by atoms with Crippen molar-refractivity contribution in [1.29, 1.82) is 0 Å². The number of carbonyl (C=O) groups excluding carboxylic acids is 1. The fraction of sp³-hybridized carbons (Fsp3) is 0.364. The predicted molar refractivity (Wildman–Crippen MR) is 166 cm³/mol. The van der Waals surface area contributed by atoms with Gasteiger partial charge in [0.1, 0.15) is 5.75 Å². The van der Waals surface area contributed by atoms with E-state index in [9.17, 15) is 4.79 Å². The highest BCUT2D eigenvalue weighted by Crippen LogP contribution is 2.35. The van der Waals surface area contributed by atoms with E-state index in [1.807, 2.05) is 53.6 Å². The van der Waals surface area contributed by atoms with Crippen LogP contribution in [-0.2, 0) is 0 Å². The Morgan fingerprint density at radius 2 is 1.85 bits per heavy atom. The van der Waals surface area contributed by atoms with Gasteiger partial charge in [-0.2, -0.15) is 0 Å². The van der Waals surface area contributed by atoms with Gasteiger partial charge in [-0.3, -0.25) is 4.79 Å². The summed E-state index contributed by atoms with van der Waals surface area (Å²) in [5, 5.41) is 4.69. The summed E-state index contributed by atoms with van der Waals surface area (Å²) in [6.45, 7) is 6.39. The molecule has 0 unspecified atom stereocenters. The molecular weight excluding hydrogens is 498 g/mol. The molecule has 0 saturated carbocycles. The number of rotatable bonds is 10. The second-order valence-electron chi connectivity index (χ2n) is 11.1. The van der Waals surface area contributed by atoms with Crippen LogP contribution in [-0.4, -0.2) is 80.7 Å². The van der Waals surface area contributed by atoms with Crippen LogP contribution in [0.4, 0.5) is 11.4 Å². The standard InChI is InChI=1S/C33H41N5O2/c1-24-15-18-38(31-9-6-5-8-30(31)35-24)33(39)27-10-12-28(25-11-13-29-26(22-25)14-16-34-29)32(23-27)40-21-7-17-37(4)20-19-36(2)3/h5-6,8-14,16,22-24,34-35H,7,15,17-21H2,1-4H3/t24-/m0/s1. The Hall–Kier alpha value is -3.81. The van der Waals surface area contributed by atoms with Crippen LogP contribution < -0.4 is 15.0 Å². The Morgan fingerprint density at radius 3 is 2.70 bits per heavy atom. The molecule has 1 atom stereocenters. The van der Waals surface area contributed by atoms with Gasteiger partial charge in [0.25, 0.3) is 5.91 Å². The van der Waals surface area contributed by atoms with Crippen molar-refractivity contribution in [2.75, 3.05) is 64.1 Å². The molecule has 7 nitrogen and oxygen atoms in total. The number of amides is 1. The molecule has 0 spiro atoms. The molecule has 0 saturated heterocycles. The molecule has 5 rings (SSSR count). The first kappa shape index (κ1) is 27.7. The molecule has 2 N–H and O–H groups in total. The van der Waals surface area contributed by atoms with E-state index in [-0.39, 0.29) is 5.91 Å². The molecule has 1 aromatic heterocycles. The first-order chi connectivity index (χ1) is 19.4. The normalized spacial score (nSPS) is 15.2. The maximum Gasteiger partial charge on any atom is 0.258 e. The minimum atomic E-state index is -0.00995. The van der Waals surface area contributed by atoms with E-state index in [1.165, 1.54) is 0 Å². The summed E-state index contributed by atoms with van der Waals surface area (Å²) in [5.74, 6) is 0.732. The number of H-pyrrole nitrogens is 1. The minimum absolute atomic E-state index is 0.00995. The zero-order chi connectivity index (χ0) is 28.1. The zero-order valence-corrected chi connectivity index (χ0v) is 24.1. The first-order valence-electron chi connectivity index (χ1n) is 14.2. The third kappa shape index (κ3) is 6.49. The third-order valence-corrected chi connectivity index (χ3v) is 7.59. The number of anilines is 2. The smallest absolute Gasteiger partial charge is 0.258 e. The largest absolute Gasteiger partial charge is 0.493 e. The van der Waals surface area contributed by atoms with E-state index in [4.69, 9.17) is 4.74 Å². The SMILES string of the molecule is C[C@H]1CCN(C(=O)c2ccc(-c3ccc4[nH]ccc4c3)c(OCCCN(C)CCN(C)C)c2)c2ccccc2N1. The Morgan fingerprint density at radius 1 is 1.00 bits per heavy atom. The lowest BCUT2D eigenvalue weighted by Gasteiger charge is -2.23. The average molecular weight is 540 g/mol. The van der Waals surface area contributed by atoms with Gasteiger partial charge in [-0.05, 0) is 100 Å². The van der Waals surface area contributed by atoms with Crippen LogP contribution in [0.15, 0.2) is 72.9 Å². The number of hydrogen-bond donors (Lipinski definition) is 2. The van der Waals surface area contributed by atoms with E-state index in [0.717, 1.165) is 71.6 Å². The number of nitrogens with one attached hydrogen (secondary N) is 2. The number of para-hydroxylation sites is 2. The number of carbonyl (C=O) groups is 1. The molecule has 210 valence electrons. The maximum atomic E-state index is 13.9. The Bertz CT molecular complexity index is 1450. The lowest BCUT2D eigenvalue weighted by molar-refractivity contribution is 0.0986. The second-order valence-corrected chi connectivity index (χ2v) is 11.1. The second kappa shape index (κ2) is 12.6. The van der Waals surface area contributed by atoms with Gasteiger partial charge in [-0.25, -0.2) is 0 Å². The van der Waals surface area contributed by atoms with Gasteiger partial charge >= 0.3 is 0 Å². The molecule has 2 heterocycles. The summed E-state index contributed by atoms with van der Waals surface area (Å²) < 4.78 is 6.42. The van der Waals surface area contributed by atoms with Crippen LogP contribution in [0.25, 0.3) is 22.0 Å². The fourth-order valence-electron chi connectivity index (χ4n) is 5.21. The number of nitrogens with zero attached hydrogens (tertiary/aromatic N) is 3. The molecule has 0 bridgehead atoms. The van der Waals surface area contributed by atoms with Crippen LogP contribution in [0, 0.1) is 0 Å². The molecule has 40 heavy (non-hydrogen) atoms. The van der Waals surface area contributed by atoms with Crippen molar-refractivity contribution in [2.24, 2.45) is 0 Å². The summed E-state index contributed by atoms with van der Waals surface area (Å²) in [5.41, 5.74) is 5.71. The third-order valence-electron chi connectivity index (χ3n) is 7.59. The summed E-state index contributed by atoms with van der Waals surface area (Å²) >= 11 is 0. The number of aromatic amines is 1. The molecule has 4 aromatic rings. The highest BCUT2D eigenvalue weighted by molar-refractivity contribution is 6.08. The van der Waals surface area contributed by atoms with Crippen molar-refractivity contribution < 1.29 is 9.53 Å². The topological polar surface area (TPSA) is 63.8 Å². The van der Waals surface area contributed by atoms with Crippen LogP contribution in [0.1, 0.15) is 30.1 Å². The first-order valence-corrected chi connectivity index (χ1v) is 14.2. The Balaban J connectivity index is 1.40. The Kier molecular flexibility index (Phi) is 8.72. The molecule has 0 radical (unpaired) electrons. The number of aromatic nitrogens is 1. The van der Waals surface area contributed by atoms with Crippen molar-refractivity contribution in [3.05, 3.63) is 78.5 Å². The monoisotopic (exact) mass is 539 g/mol. The maximum absolute atomic E-state index is 13.9. The highest BCUT2D eigenvalue weighted by Gasteiger charge is 2.25. The van der Waals surface area contributed by atoms with Gasteiger partial charge in [-0.1, -0.05) is 18.2 Å². The van der Waals surface area contributed by atoms with Gasteiger partial charge < -0.3 is 29.7 Å². The van der Waals surface area contributed by atoms with E-state index in [0.29, 0.717) is 24.8 Å². The summed E-state index contributed by atoms with van der Waals surface area (Å²) in [6.07, 6.45) is 3.73. The average Bonchev–Trinajstić information content (AvgIpc) is 3.36. The summed E-state index contributed by atoms with van der Waals surface area (Å²) in [4.78, 5) is 23.6. The van der Waals surface area contributed by atoms with Crippen LogP contribution in [0.2, 0.25) is 0 Å².